The average Bonchev–Trinajstić information content (AvgIpc) is 3.43. The lowest BCUT2D eigenvalue weighted by Crippen LogP contribution is -2.39. The number of morpholine rings is 1. The maximum absolute atomic E-state index is 14.0. The van der Waals surface area contributed by atoms with Crippen LogP contribution >= 0.6 is 0 Å². The molecule has 1 aliphatic carbocycles. The third kappa shape index (κ3) is 4.05. The Morgan fingerprint density at radius 2 is 2.06 bits per heavy atom. The monoisotopic (exact) mass is 462 g/mol. The van der Waals surface area contributed by atoms with Gasteiger partial charge in [-0.3, -0.25) is 4.79 Å². The molecular formula is C27H34N4O3. The Morgan fingerprint density at radius 3 is 2.79 bits per heavy atom. The quantitative estimate of drug-likeness (QED) is 0.715. The van der Waals surface area contributed by atoms with Crippen molar-refractivity contribution in [1.29, 1.82) is 0 Å². The maximum atomic E-state index is 14.0. The summed E-state index contributed by atoms with van der Waals surface area (Å²) in [6.07, 6.45) is 7.37. The van der Waals surface area contributed by atoms with Crippen molar-refractivity contribution < 1.29 is 14.3 Å². The summed E-state index contributed by atoms with van der Waals surface area (Å²) in [5.41, 5.74) is 4.10. The molecule has 0 unspecified atom stereocenters. The number of hydrogen-bond acceptors (Lipinski definition) is 6. The van der Waals surface area contributed by atoms with E-state index in [2.05, 4.69) is 53.3 Å². The summed E-state index contributed by atoms with van der Waals surface area (Å²) in [5.74, 6) is 1.07. The van der Waals surface area contributed by atoms with Gasteiger partial charge in [0.05, 0.1) is 48.9 Å². The van der Waals surface area contributed by atoms with Crippen LogP contribution in [-0.2, 0) is 20.8 Å². The van der Waals surface area contributed by atoms with Gasteiger partial charge in [0.25, 0.3) is 0 Å². The fraction of sp³-hybridized carbons (Fsp3) is 0.556. The molecule has 1 aromatic heterocycles. The molecule has 6 rings (SSSR count). The first-order valence-electron chi connectivity index (χ1n) is 12.7. The molecule has 3 aliphatic heterocycles. The molecule has 1 amide bonds. The molecule has 180 valence electrons. The number of carbonyl (C=O) groups excluding carboxylic acids is 1. The number of aromatic nitrogens is 1. The Morgan fingerprint density at radius 1 is 1.21 bits per heavy atom. The minimum Gasteiger partial charge on any atom is -0.376 e. The Bertz CT molecular complexity index is 1070. The number of pyridine rings is 1. The third-order valence-corrected chi connectivity index (χ3v) is 7.73. The number of nitrogens with one attached hydrogen (secondary N) is 1. The van der Waals surface area contributed by atoms with Gasteiger partial charge >= 0.3 is 0 Å². The van der Waals surface area contributed by atoms with E-state index in [1.165, 1.54) is 5.69 Å². The summed E-state index contributed by atoms with van der Waals surface area (Å²) >= 11 is 0. The standard InChI is InChI=1S/C27H34N4O3/c1-17(2)34-22-8-5-18(6-9-22)27(32)31-14-19-4-3-11-28-26(19)29-24-10-7-20(13-25(24)31)30-15-23-12-21(30)16-33-23/h3-4,7,10-11,13,17-18,21-23H,5-6,8-9,12,14-16H2,1-2H3,(H,28,29)/t18?,21-,22?,23-/m1/s1. The molecule has 1 aromatic carbocycles. The molecular weight excluding hydrogens is 428 g/mol. The van der Waals surface area contributed by atoms with E-state index in [0.717, 1.165) is 68.0 Å². The van der Waals surface area contributed by atoms with Gasteiger partial charge in [0, 0.05) is 29.9 Å². The maximum Gasteiger partial charge on any atom is 0.230 e. The van der Waals surface area contributed by atoms with Crippen LogP contribution in [0.2, 0.25) is 0 Å². The van der Waals surface area contributed by atoms with Crippen molar-refractivity contribution >= 4 is 28.8 Å². The zero-order valence-electron chi connectivity index (χ0n) is 20.1. The van der Waals surface area contributed by atoms with Crippen LogP contribution in [-0.4, -0.2) is 48.4 Å². The first kappa shape index (κ1) is 21.9. The van der Waals surface area contributed by atoms with Gasteiger partial charge in [0.15, 0.2) is 0 Å². The van der Waals surface area contributed by atoms with Crippen LogP contribution in [0.15, 0.2) is 36.5 Å². The third-order valence-electron chi connectivity index (χ3n) is 7.73. The van der Waals surface area contributed by atoms with E-state index >= 15 is 0 Å². The van der Waals surface area contributed by atoms with E-state index in [9.17, 15) is 4.79 Å². The number of benzene rings is 1. The van der Waals surface area contributed by atoms with Crippen LogP contribution < -0.4 is 15.1 Å². The van der Waals surface area contributed by atoms with Crippen molar-refractivity contribution in [3.05, 3.63) is 42.1 Å². The molecule has 4 aliphatic rings. The summed E-state index contributed by atoms with van der Waals surface area (Å²) in [5, 5.41) is 3.50. The number of hydrogen-bond donors (Lipinski definition) is 1. The lowest BCUT2D eigenvalue weighted by molar-refractivity contribution is -0.124. The van der Waals surface area contributed by atoms with Crippen molar-refractivity contribution in [2.75, 3.05) is 28.3 Å². The lowest BCUT2D eigenvalue weighted by atomic mass is 9.86. The first-order chi connectivity index (χ1) is 16.5. The van der Waals surface area contributed by atoms with Crippen molar-refractivity contribution in [3.8, 4) is 0 Å². The summed E-state index contributed by atoms with van der Waals surface area (Å²) in [6.45, 7) is 6.41. The number of nitrogens with zero attached hydrogens (tertiary/aromatic N) is 3. The highest BCUT2D eigenvalue weighted by Gasteiger charge is 2.40. The SMILES string of the molecule is CC(C)OC1CCC(C(=O)N2Cc3cccnc3Nc3ccc(N4C[C@H]5C[C@@H]4CO5)cc32)CC1. The van der Waals surface area contributed by atoms with Crippen LogP contribution in [0.4, 0.5) is 22.9 Å². The van der Waals surface area contributed by atoms with Crippen molar-refractivity contribution in [2.45, 2.75) is 76.9 Å². The van der Waals surface area contributed by atoms with Gasteiger partial charge in [-0.15, -0.1) is 0 Å². The van der Waals surface area contributed by atoms with Crippen LogP contribution in [0.1, 0.15) is 51.5 Å². The van der Waals surface area contributed by atoms with E-state index in [1.54, 1.807) is 6.20 Å². The van der Waals surface area contributed by atoms with Gasteiger partial charge < -0.3 is 24.6 Å². The van der Waals surface area contributed by atoms with Crippen LogP contribution in [0.3, 0.4) is 0 Å². The number of anilines is 4. The smallest absolute Gasteiger partial charge is 0.230 e. The topological polar surface area (TPSA) is 66.9 Å². The molecule has 1 N–H and O–H groups in total. The van der Waals surface area contributed by atoms with Gasteiger partial charge in [-0.1, -0.05) is 6.07 Å². The van der Waals surface area contributed by atoms with Gasteiger partial charge in [0.2, 0.25) is 5.91 Å². The molecule has 34 heavy (non-hydrogen) atoms. The normalized spacial score (nSPS) is 27.9. The number of fused-ring (bicyclic) bond motifs is 4. The molecule has 2 saturated heterocycles. The van der Waals surface area contributed by atoms with Crippen LogP contribution in [0, 0.1) is 5.92 Å². The van der Waals surface area contributed by atoms with E-state index in [-0.39, 0.29) is 24.0 Å². The molecule has 7 nitrogen and oxygen atoms in total. The molecule has 2 atom stereocenters. The Balaban J connectivity index is 1.30. The summed E-state index contributed by atoms with van der Waals surface area (Å²) in [6, 6.07) is 10.9. The fourth-order valence-corrected chi connectivity index (χ4v) is 6.05. The van der Waals surface area contributed by atoms with E-state index < -0.39 is 0 Å². The van der Waals surface area contributed by atoms with Crippen molar-refractivity contribution in [2.24, 2.45) is 5.92 Å². The zero-order chi connectivity index (χ0) is 23.2. The highest BCUT2D eigenvalue weighted by atomic mass is 16.5. The Labute approximate surface area is 201 Å². The molecule has 2 aromatic rings. The van der Waals surface area contributed by atoms with Crippen LogP contribution in [0.5, 0.6) is 0 Å². The average molecular weight is 463 g/mol. The number of amides is 1. The Kier molecular flexibility index (Phi) is 5.70. The highest BCUT2D eigenvalue weighted by molar-refractivity contribution is 6.00. The minimum absolute atomic E-state index is 0.0259. The second-order valence-corrected chi connectivity index (χ2v) is 10.4. The summed E-state index contributed by atoms with van der Waals surface area (Å²) < 4.78 is 11.8. The molecule has 7 heteroatoms. The van der Waals surface area contributed by atoms with Crippen molar-refractivity contribution in [1.82, 2.24) is 4.98 Å². The largest absolute Gasteiger partial charge is 0.376 e. The van der Waals surface area contributed by atoms with Gasteiger partial charge in [-0.05, 0) is 70.2 Å². The minimum atomic E-state index is 0.0259. The van der Waals surface area contributed by atoms with E-state index in [1.807, 2.05) is 11.0 Å². The summed E-state index contributed by atoms with van der Waals surface area (Å²) in [4.78, 5) is 23.0. The van der Waals surface area contributed by atoms with Gasteiger partial charge in [-0.2, -0.15) is 0 Å². The fourth-order valence-electron chi connectivity index (χ4n) is 6.05. The zero-order valence-corrected chi connectivity index (χ0v) is 20.1. The molecule has 3 fully saturated rings. The molecule has 2 bridgehead atoms. The molecule has 0 radical (unpaired) electrons. The lowest BCUT2D eigenvalue weighted by Gasteiger charge is -2.34. The second kappa shape index (κ2) is 8.86. The predicted molar refractivity (Wildman–Crippen MR) is 133 cm³/mol. The Hall–Kier alpha value is -2.64. The van der Waals surface area contributed by atoms with Crippen molar-refractivity contribution in [3.63, 3.8) is 0 Å². The van der Waals surface area contributed by atoms with E-state index in [0.29, 0.717) is 18.7 Å². The number of rotatable bonds is 4. The first-order valence-corrected chi connectivity index (χ1v) is 12.7. The molecule has 4 heterocycles. The number of carbonyl (C=O) groups is 1. The number of ether oxygens (including phenoxy) is 2. The van der Waals surface area contributed by atoms with Gasteiger partial charge in [-0.25, -0.2) is 4.98 Å². The van der Waals surface area contributed by atoms with Crippen LogP contribution in [0.25, 0.3) is 0 Å². The molecule has 0 spiro atoms. The predicted octanol–water partition coefficient (Wildman–Crippen LogP) is 4.63. The van der Waals surface area contributed by atoms with Gasteiger partial charge in [0.1, 0.15) is 5.82 Å². The van der Waals surface area contributed by atoms with E-state index in [4.69, 9.17) is 9.47 Å². The second-order valence-electron chi connectivity index (χ2n) is 10.4. The summed E-state index contributed by atoms with van der Waals surface area (Å²) in [7, 11) is 0. The highest BCUT2D eigenvalue weighted by Crippen LogP contribution is 2.42. The molecule has 1 saturated carbocycles.